The van der Waals surface area contributed by atoms with Crippen LogP contribution in [-0.4, -0.2) is 11.1 Å². The van der Waals surface area contributed by atoms with Gasteiger partial charge in [0, 0.05) is 2.74 Å². The van der Waals surface area contributed by atoms with E-state index in [0.29, 0.717) is 11.1 Å². The molecule has 1 aromatic rings. The molecule has 1 atom stereocenters. The van der Waals surface area contributed by atoms with Gasteiger partial charge in [-0.25, -0.2) is 0 Å². The van der Waals surface area contributed by atoms with Gasteiger partial charge in [0.1, 0.15) is 0 Å². The molecular weight excluding hydrogens is 188 g/mol. The van der Waals surface area contributed by atoms with E-state index in [1.165, 1.54) is 0 Å². The molecule has 0 unspecified atom stereocenters. The Morgan fingerprint density at radius 2 is 1.87 bits per heavy atom. The first kappa shape index (κ1) is 8.96. The molecule has 0 aliphatic rings. The van der Waals surface area contributed by atoms with Gasteiger partial charge in [0.15, 0.2) is 0 Å². The minimum atomic E-state index is -1.38. The van der Waals surface area contributed by atoms with Gasteiger partial charge in [-0.3, -0.25) is 4.79 Å². The van der Waals surface area contributed by atoms with Crippen molar-refractivity contribution in [1.29, 1.82) is 0 Å². The average Bonchev–Trinajstić information content (AvgIpc) is 2.27. The van der Waals surface area contributed by atoms with E-state index >= 15 is 0 Å². The van der Waals surface area contributed by atoms with Crippen LogP contribution in [-0.2, 0) is 11.2 Å². The highest BCUT2D eigenvalue weighted by Gasteiger charge is 2.12. The van der Waals surface area contributed by atoms with Gasteiger partial charge in [-0.1, -0.05) is 38.1 Å². The summed E-state index contributed by atoms with van der Waals surface area (Å²) in [5, 5.41) is 8.88. The predicted octanol–water partition coefficient (Wildman–Crippen LogP) is 3.07. The first-order valence-electron chi connectivity index (χ1n) is 6.10. The number of carboxylic acids is 1. The van der Waals surface area contributed by atoms with Crippen molar-refractivity contribution in [1.82, 2.24) is 0 Å². The highest BCUT2D eigenvalue weighted by molar-refractivity contribution is 5.75. The van der Waals surface area contributed by atoms with E-state index in [9.17, 15) is 4.79 Å². The molecule has 15 heavy (non-hydrogen) atoms. The lowest BCUT2D eigenvalue weighted by atomic mass is 9.97. The van der Waals surface area contributed by atoms with Gasteiger partial charge in [0.05, 0.1) is 5.92 Å². The van der Waals surface area contributed by atoms with Crippen molar-refractivity contribution in [3.8, 4) is 0 Å². The van der Waals surface area contributed by atoms with Crippen molar-refractivity contribution < 1.29 is 12.6 Å². The molecule has 0 heterocycles. The molecule has 0 radical (unpaired) electrons. The lowest BCUT2D eigenvalue weighted by Gasteiger charge is -2.09. The normalized spacial score (nSPS) is 15.7. The van der Waals surface area contributed by atoms with Crippen LogP contribution in [0.15, 0.2) is 24.3 Å². The summed E-state index contributed by atoms with van der Waals surface area (Å²) in [5.74, 6) is -1.55. The van der Waals surface area contributed by atoms with Crippen LogP contribution in [0.3, 0.4) is 0 Å². The van der Waals surface area contributed by atoms with Crippen LogP contribution >= 0.6 is 0 Å². The van der Waals surface area contributed by atoms with Gasteiger partial charge in [0.2, 0.25) is 0 Å². The van der Waals surface area contributed by atoms with Crippen molar-refractivity contribution in [2.45, 2.75) is 33.1 Å². The zero-order chi connectivity index (χ0) is 13.2. The van der Waals surface area contributed by atoms with Crippen LogP contribution in [0, 0.1) is 5.92 Å². The number of benzene rings is 1. The van der Waals surface area contributed by atoms with E-state index in [0.717, 1.165) is 0 Å². The monoisotopic (exact) mass is 208 g/mol. The summed E-state index contributed by atoms with van der Waals surface area (Å²) in [6.45, 7) is 5.27. The molecule has 1 N–H and O–H groups in total. The second-order valence-corrected chi connectivity index (χ2v) is 3.98. The molecule has 0 aliphatic carbocycles. The molecule has 0 saturated carbocycles. The maximum absolute atomic E-state index is 10.8. The van der Waals surface area contributed by atoms with Gasteiger partial charge < -0.3 is 5.11 Å². The summed E-state index contributed by atoms with van der Waals surface area (Å²) >= 11 is 0. The fourth-order valence-electron chi connectivity index (χ4n) is 1.34. The molecule has 0 aliphatic heterocycles. The standard InChI is InChI=1S/C13H18O2/c1-9(2)8-11-4-6-12(7-5-11)10(3)13(14)15/h4-7,9-10H,8H2,1-3H3,(H,14,15)/t10-/m1/s1/i8D2. The second kappa shape index (κ2) is 4.96. The molecule has 2 heteroatoms. The van der Waals surface area contributed by atoms with E-state index < -0.39 is 18.3 Å². The topological polar surface area (TPSA) is 37.3 Å². The van der Waals surface area contributed by atoms with Crippen LogP contribution in [0.5, 0.6) is 0 Å². The van der Waals surface area contributed by atoms with E-state index in [1.807, 2.05) is 13.8 Å². The Morgan fingerprint density at radius 3 is 2.27 bits per heavy atom. The van der Waals surface area contributed by atoms with Crippen LogP contribution in [0.2, 0.25) is 0 Å². The van der Waals surface area contributed by atoms with Crippen molar-refractivity contribution >= 4 is 5.97 Å². The highest BCUT2D eigenvalue weighted by atomic mass is 16.4. The summed E-state index contributed by atoms with van der Waals surface area (Å²) in [4.78, 5) is 10.8. The Morgan fingerprint density at radius 1 is 1.33 bits per heavy atom. The van der Waals surface area contributed by atoms with Crippen molar-refractivity contribution in [3.05, 3.63) is 35.4 Å². The third-order valence-electron chi connectivity index (χ3n) is 2.24. The largest absolute Gasteiger partial charge is 0.481 e. The first-order chi connectivity index (χ1) is 7.76. The summed E-state index contributed by atoms with van der Waals surface area (Å²) in [6.07, 6.45) is -1.38. The van der Waals surface area contributed by atoms with E-state index in [1.54, 1.807) is 31.2 Å². The highest BCUT2D eigenvalue weighted by Crippen LogP contribution is 2.17. The van der Waals surface area contributed by atoms with E-state index in [4.69, 9.17) is 7.85 Å². The molecule has 1 rings (SSSR count). The molecule has 82 valence electrons. The molecule has 0 aromatic heterocycles. The van der Waals surface area contributed by atoms with Crippen LogP contribution < -0.4 is 0 Å². The Kier molecular flexibility index (Phi) is 2.96. The fraction of sp³-hybridized carbons (Fsp3) is 0.462. The molecule has 0 amide bonds. The fourth-order valence-corrected chi connectivity index (χ4v) is 1.34. The SMILES string of the molecule is [2H]C([2H])(c1ccc([C@@H](C)C(=O)O)cc1)C(C)C. The van der Waals surface area contributed by atoms with Gasteiger partial charge in [-0.2, -0.15) is 0 Å². The predicted molar refractivity (Wildman–Crippen MR) is 61.0 cm³/mol. The van der Waals surface area contributed by atoms with Crippen LogP contribution in [0.25, 0.3) is 0 Å². The smallest absolute Gasteiger partial charge is 0.310 e. The quantitative estimate of drug-likeness (QED) is 0.825. The van der Waals surface area contributed by atoms with Gasteiger partial charge in [0.25, 0.3) is 0 Å². The molecule has 1 aromatic carbocycles. The number of carboxylic acid groups (broad SMARTS) is 1. The summed E-state index contributed by atoms with van der Waals surface area (Å²) < 4.78 is 15.9. The summed E-state index contributed by atoms with van der Waals surface area (Å²) in [7, 11) is 0. The zero-order valence-electron chi connectivity index (χ0n) is 11.3. The number of hydrogen-bond donors (Lipinski definition) is 1. The number of aliphatic carboxylic acids is 1. The molecule has 0 spiro atoms. The number of rotatable bonds is 4. The Labute approximate surface area is 93.8 Å². The summed E-state index contributed by atoms with van der Waals surface area (Å²) in [6, 6.07) is 6.73. The van der Waals surface area contributed by atoms with Crippen molar-refractivity contribution in [2.75, 3.05) is 0 Å². The Bertz CT molecular complexity index is 396. The maximum Gasteiger partial charge on any atom is 0.310 e. The van der Waals surface area contributed by atoms with Crippen molar-refractivity contribution in [2.24, 2.45) is 5.92 Å². The minimum absolute atomic E-state index is 0.120. The molecule has 0 fully saturated rings. The Hall–Kier alpha value is -1.31. The zero-order valence-corrected chi connectivity index (χ0v) is 9.32. The molecule has 0 bridgehead atoms. The summed E-state index contributed by atoms with van der Waals surface area (Å²) in [5.41, 5.74) is 1.29. The lowest BCUT2D eigenvalue weighted by molar-refractivity contribution is -0.138. The third-order valence-corrected chi connectivity index (χ3v) is 2.24. The van der Waals surface area contributed by atoms with E-state index in [2.05, 4.69) is 0 Å². The van der Waals surface area contributed by atoms with Crippen molar-refractivity contribution in [3.63, 3.8) is 0 Å². The van der Waals surface area contributed by atoms with Gasteiger partial charge >= 0.3 is 5.97 Å². The lowest BCUT2D eigenvalue weighted by Crippen LogP contribution is -2.07. The molecule has 0 saturated heterocycles. The molecule has 2 nitrogen and oxygen atoms in total. The molecular formula is C13H18O2. The van der Waals surface area contributed by atoms with E-state index in [-0.39, 0.29) is 5.92 Å². The number of carbonyl (C=O) groups is 1. The van der Waals surface area contributed by atoms with Gasteiger partial charge in [-0.05, 0) is 30.3 Å². The van der Waals surface area contributed by atoms with Gasteiger partial charge in [-0.15, -0.1) is 0 Å². The second-order valence-electron chi connectivity index (χ2n) is 3.98. The maximum atomic E-state index is 10.8. The van der Waals surface area contributed by atoms with Crippen LogP contribution in [0.4, 0.5) is 0 Å². The Balaban J connectivity index is 3.00. The van der Waals surface area contributed by atoms with Crippen LogP contribution in [0.1, 0.15) is 40.6 Å². The number of hydrogen-bond acceptors (Lipinski definition) is 1. The minimum Gasteiger partial charge on any atom is -0.481 e. The third kappa shape index (κ3) is 3.39. The first-order valence-corrected chi connectivity index (χ1v) is 5.10. The average molecular weight is 208 g/mol.